The minimum atomic E-state index is -3.22. The molecule has 1 amide bonds. The van der Waals surface area contributed by atoms with Crippen molar-refractivity contribution in [2.45, 2.75) is 18.4 Å². The molecule has 0 saturated carbocycles. The first-order chi connectivity index (χ1) is 13.2. The molecule has 2 aromatic carbocycles. The van der Waals surface area contributed by atoms with Crippen molar-refractivity contribution in [3.8, 4) is 5.75 Å². The molecule has 0 aromatic heterocycles. The molecule has 28 heavy (non-hydrogen) atoms. The van der Waals surface area contributed by atoms with Crippen LogP contribution in [0.5, 0.6) is 5.75 Å². The van der Waals surface area contributed by atoms with E-state index in [1.54, 1.807) is 36.0 Å². The van der Waals surface area contributed by atoms with Gasteiger partial charge in [-0.15, -0.1) is 11.8 Å². The zero-order valence-electron chi connectivity index (χ0n) is 16.3. The Bertz CT molecular complexity index is 866. The Balaban J connectivity index is 1.67. The molecule has 1 N–H and O–H groups in total. The Morgan fingerprint density at radius 2 is 1.75 bits per heavy atom. The predicted molar refractivity (Wildman–Crippen MR) is 113 cm³/mol. The summed E-state index contributed by atoms with van der Waals surface area (Å²) in [6.07, 6.45) is 1.17. The largest absolute Gasteiger partial charge is 0.484 e. The van der Waals surface area contributed by atoms with Crippen LogP contribution in [0, 0.1) is 6.92 Å². The number of nitrogens with one attached hydrogen (secondary N) is 1. The minimum absolute atomic E-state index is 0.0578. The van der Waals surface area contributed by atoms with Crippen molar-refractivity contribution in [3.05, 3.63) is 59.7 Å². The number of benzene rings is 2. The number of aryl methyl sites for hydroxylation is 1. The number of amides is 1. The highest BCUT2D eigenvalue weighted by atomic mass is 32.2. The molecule has 0 aliphatic carbocycles. The average molecular weight is 423 g/mol. The third-order valence-electron chi connectivity index (χ3n) is 3.98. The molecule has 0 radical (unpaired) electrons. The van der Waals surface area contributed by atoms with Crippen LogP contribution in [0.3, 0.4) is 0 Å². The van der Waals surface area contributed by atoms with Crippen molar-refractivity contribution < 1.29 is 17.9 Å². The molecule has 0 spiro atoms. The molecular formula is C20H26N2O4S2. The second-order valence-electron chi connectivity index (χ2n) is 6.46. The Morgan fingerprint density at radius 3 is 2.36 bits per heavy atom. The Morgan fingerprint density at radius 1 is 1.11 bits per heavy atom. The maximum atomic E-state index is 11.9. The smallest absolute Gasteiger partial charge is 0.257 e. The van der Waals surface area contributed by atoms with E-state index >= 15 is 0 Å². The van der Waals surface area contributed by atoms with Gasteiger partial charge in [-0.25, -0.2) is 12.7 Å². The predicted octanol–water partition coefficient (Wildman–Crippen LogP) is 2.67. The first kappa shape index (κ1) is 22.3. The van der Waals surface area contributed by atoms with Gasteiger partial charge in [-0.2, -0.15) is 0 Å². The van der Waals surface area contributed by atoms with Crippen molar-refractivity contribution in [2.24, 2.45) is 0 Å². The normalized spacial score (nSPS) is 11.4. The summed E-state index contributed by atoms with van der Waals surface area (Å²) in [5.41, 5.74) is 2.07. The van der Waals surface area contributed by atoms with Crippen LogP contribution in [-0.2, 0) is 21.4 Å². The third kappa shape index (κ3) is 7.92. The van der Waals surface area contributed by atoms with Gasteiger partial charge in [-0.1, -0.05) is 29.8 Å². The van der Waals surface area contributed by atoms with Gasteiger partial charge in [-0.05, 0) is 36.8 Å². The number of nitrogens with zero attached hydrogens (tertiary/aromatic N) is 1. The standard InChI is InChI=1S/C20H26N2O4S2/c1-16-4-10-19(11-5-16)27-13-12-21-20(23)15-26-18-8-6-17(7-9-18)14-22(2)28(3,24)25/h4-11H,12-15H2,1-3H3,(H,21,23). The highest BCUT2D eigenvalue weighted by Gasteiger charge is 2.11. The van der Waals surface area contributed by atoms with E-state index in [0.717, 1.165) is 11.3 Å². The fraction of sp³-hybridized carbons (Fsp3) is 0.350. The van der Waals surface area contributed by atoms with Crippen LogP contribution in [0.15, 0.2) is 53.4 Å². The van der Waals surface area contributed by atoms with E-state index in [0.29, 0.717) is 12.3 Å². The maximum absolute atomic E-state index is 11.9. The molecule has 0 heterocycles. The summed E-state index contributed by atoms with van der Waals surface area (Å²) in [6.45, 7) is 2.85. The fourth-order valence-electron chi connectivity index (χ4n) is 2.26. The Kier molecular flexibility index (Phi) is 8.35. The van der Waals surface area contributed by atoms with E-state index in [9.17, 15) is 13.2 Å². The zero-order valence-corrected chi connectivity index (χ0v) is 18.0. The molecule has 0 atom stereocenters. The Hall–Kier alpha value is -2.03. The molecule has 0 bridgehead atoms. The van der Waals surface area contributed by atoms with Gasteiger partial charge in [0.15, 0.2) is 6.61 Å². The molecule has 0 aliphatic heterocycles. The summed E-state index contributed by atoms with van der Waals surface area (Å²) in [5, 5.41) is 2.83. The van der Waals surface area contributed by atoms with E-state index in [1.165, 1.54) is 28.1 Å². The fourth-order valence-corrected chi connectivity index (χ4v) is 3.41. The maximum Gasteiger partial charge on any atom is 0.257 e. The molecule has 6 nitrogen and oxygen atoms in total. The summed E-state index contributed by atoms with van der Waals surface area (Å²) < 4.78 is 29.6. The van der Waals surface area contributed by atoms with Gasteiger partial charge < -0.3 is 10.1 Å². The van der Waals surface area contributed by atoms with Crippen molar-refractivity contribution >= 4 is 27.7 Å². The average Bonchev–Trinajstić information content (AvgIpc) is 2.65. The van der Waals surface area contributed by atoms with Crippen LogP contribution >= 0.6 is 11.8 Å². The molecule has 0 saturated heterocycles. The molecular weight excluding hydrogens is 396 g/mol. The number of carbonyl (C=O) groups is 1. The minimum Gasteiger partial charge on any atom is -0.484 e. The molecule has 0 fully saturated rings. The quantitative estimate of drug-likeness (QED) is 0.471. The van der Waals surface area contributed by atoms with E-state index in [1.807, 2.05) is 0 Å². The zero-order chi connectivity index (χ0) is 20.6. The molecule has 0 aliphatic rings. The first-order valence-corrected chi connectivity index (χ1v) is 11.7. The van der Waals surface area contributed by atoms with E-state index in [4.69, 9.17) is 4.74 Å². The van der Waals surface area contributed by atoms with E-state index < -0.39 is 10.0 Å². The number of rotatable bonds is 10. The monoisotopic (exact) mass is 422 g/mol. The first-order valence-electron chi connectivity index (χ1n) is 8.83. The number of ether oxygens (including phenoxy) is 1. The summed E-state index contributed by atoms with van der Waals surface area (Å²) in [4.78, 5) is 13.1. The summed E-state index contributed by atoms with van der Waals surface area (Å²) in [6, 6.07) is 15.3. The van der Waals surface area contributed by atoms with Gasteiger partial charge in [0.1, 0.15) is 5.75 Å². The second kappa shape index (κ2) is 10.5. The Labute approximate surface area is 171 Å². The second-order valence-corrected chi connectivity index (χ2v) is 9.72. The SMILES string of the molecule is Cc1ccc(SCCNC(=O)COc2ccc(CN(C)S(C)(=O)=O)cc2)cc1. The number of hydrogen-bond donors (Lipinski definition) is 1. The van der Waals surface area contributed by atoms with Crippen LogP contribution in [-0.4, -0.2) is 50.8 Å². The van der Waals surface area contributed by atoms with Crippen LogP contribution in [0.2, 0.25) is 0 Å². The highest BCUT2D eigenvalue weighted by molar-refractivity contribution is 7.99. The van der Waals surface area contributed by atoms with Crippen molar-refractivity contribution in [2.75, 3.05) is 32.2 Å². The van der Waals surface area contributed by atoms with Crippen LogP contribution < -0.4 is 10.1 Å². The van der Waals surface area contributed by atoms with Crippen molar-refractivity contribution in [1.29, 1.82) is 0 Å². The van der Waals surface area contributed by atoms with Gasteiger partial charge in [0.25, 0.3) is 5.91 Å². The lowest BCUT2D eigenvalue weighted by Gasteiger charge is -2.14. The van der Waals surface area contributed by atoms with Crippen LogP contribution in [0.4, 0.5) is 0 Å². The third-order valence-corrected chi connectivity index (χ3v) is 6.25. The number of thioether (sulfide) groups is 1. The van der Waals surface area contributed by atoms with Gasteiger partial charge in [0.05, 0.1) is 6.26 Å². The van der Waals surface area contributed by atoms with Gasteiger partial charge in [0, 0.05) is 30.8 Å². The van der Waals surface area contributed by atoms with Crippen molar-refractivity contribution in [3.63, 3.8) is 0 Å². The highest BCUT2D eigenvalue weighted by Crippen LogP contribution is 2.17. The summed E-state index contributed by atoms with van der Waals surface area (Å²) in [7, 11) is -1.69. The number of sulfonamides is 1. The van der Waals surface area contributed by atoms with Gasteiger partial charge in [-0.3, -0.25) is 4.79 Å². The lowest BCUT2D eigenvalue weighted by atomic mass is 10.2. The van der Waals surface area contributed by atoms with Crippen molar-refractivity contribution in [1.82, 2.24) is 9.62 Å². The van der Waals surface area contributed by atoms with E-state index in [-0.39, 0.29) is 19.1 Å². The lowest BCUT2D eigenvalue weighted by Crippen LogP contribution is -2.30. The molecule has 2 aromatic rings. The molecule has 8 heteroatoms. The van der Waals surface area contributed by atoms with Crippen LogP contribution in [0.1, 0.15) is 11.1 Å². The molecule has 152 valence electrons. The summed E-state index contributed by atoms with van der Waals surface area (Å²) in [5.74, 6) is 1.18. The summed E-state index contributed by atoms with van der Waals surface area (Å²) >= 11 is 1.69. The number of carbonyl (C=O) groups excluding carboxylic acids is 1. The van der Waals surface area contributed by atoms with Crippen LogP contribution in [0.25, 0.3) is 0 Å². The molecule has 0 unspecified atom stereocenters. The van der Waals surface area contributed by atoms with E-state index in [2.05, 4.69) is 36.5 Å². The number of hydrogen-bond acceptors (Lipinski definition) is 5. The lowest BCUT2D eigenvalue weighted by molar-refractivity contribution is -0.122. The topological polar surface area (TPSA) is 75.7 Å². The van der Waals surface area contributed by atoms with Gasteiger partial charge >= 0.3 is 0 Å². The van der Waals surface area contributed by atoms with Gasteiger partial charge in [0.2, 0.25) is 10.0 Å². The molecule has 2 rings (SSSR count).